The Morgan fingerprint density at radius 1 is 1.40 bits per heavy atom. The largest absolute Gasteiger partial charge is 0.336 e. The van der Waals surface area contributed by atoms with Gasteiger partial charge < -0.3 is 10.2 Å². The van der Waals surface area contributed by atoms with E-state index in [0.29, 0.717) is 17.7 Å². The first-order valence-corrected chi connectivity index (χ1v) is 7.58. The Morgan fingerprint density at radius 3 is 2.80 bits per heavy atom. The summed E-state index contributed by atoms with van der Waals surface area (Å²) in [5.74, 6) is 0.751. The van der Waals surface area contributed by atoms with Gasteiger partial charge in [-0.05, 0) is 32.7 Å². The van der Waals surface area contributed by atoms with E-state index in [-0.39, 0.29) is 30.7 Å². The number of piperidine rings is 1. The molecule has 1 atom stereocenters. The molecule has 20 heavy (non-hydrogen) atoms. The van der Waals surface area contributed by atoms with Crippen LogP contribution in [0.15, 0.2) is 5.38 Å². The van der Waals surface area contributed by atoms with E-state index < -0.39 is 0 Å². The van der Waals surface area contributed by atoms with E-state index in [9.17, 15) is 4.79 Å². The molecule has 0 spiro atoms. The molecule has 1 saturated carbocycles. The fraction of sp³-hybridized carbons (Fsp3) is 0.692. The first-order valence-electron chi connectivity index (χ1n) is 6.70. The number of amides is 1. The third kappa shape index (κ3) is 3.85. The summed E-state index contributed by atoms with van der Waals surface area (Å²) in [4.78, 5) is 18.8. The van der Waals surface area contributed by atoms with Gasteiger partial charge >= 0.3 is 0 Å². The van der Waals surface area contributed by atoms with Crippen molar-refractivity contribution in [1.29, 1.82) is 0 Å². The van der Waals surface area contributed by atoms with E-state index in [1.165, 1.54) is 12.8 Å². The lowest BCUT2D eigenvalue weighted by Gasteiger charge is -2.32. The molecule has 2 fully saturated rings. The van der Waals surface area contributed by atoms with Crippen molar-refractivity contribution in [3.05, 3.63) is 16.1 Å². The summed E-state index contributed by atoms with van der Waals surface area (Å²) >= 11 is 1.64. The summed E-state index contributed by atoms with van der Waals surface area (Å²) in [5, 5.41) is 6.34. The van der Waals surface area contributed by atoms with Crippen LogP contribution in [0.1, 0.15) is 47.1 Å². The third-order valence-electron chi connectivity index (χ3n) is 3.78. The van der Waals surface area contributed by atoms with Gasteiger partial charge in [0.2, 0.25) is 0 Å². The molecule has 1 N–H and O–H groups in total. The number of thiazole rings is 1. The minimum Gasteiger partial charge on any atom is -0.336 e. The molecule has 114 valence electrons. The van der Waals surface area contributed by atoms with Crippen molar-refractivity contribution in [2.24, 2.45) is 0 Å². The summed E-state index contributed by atoms with van der Waals surface area (Å²) in [6.45, 7) is 1.68. The van der Waals surface area contributed by atoms with Crippen LogP contribution in [0.3, 0.4) is 0 Å². The van der Waals surface area contributed by atoms with E-state index in [4.69, 9.17) is 0 Å². The summed E-state index contributed by atoms with van der Waals surface area (Å²) in [6.07, 6.45) is 4.72. The zero-order chi connectivity index (χ0) is 12.5. The van der Waals surface area contributed by atoms with Gasteiger partial charge in [0.15, 0.2) is 0 Å². The van der Waals surface area contributed by atoms with Gasteiger partial charge in [-0.1, -0.05) is 0 Å². The summed E-state index contributed by atoms with van der Waals surface area (Å²) in [6, 6.07) is 0.434. The highest BCUT2D eigenvalue weighted by Gasteiger charge is 2.29. The van der Waals surface area contributed by atoms with Gasteiger partial charge in [0.1, 0.15) is 5.69 Å². The standard InChI is InChI=1S/C13H19N3OS.2ClH/c1-14-10-3-2-6-16(7-10)13(17)11-8-18-12(15-11)9-4-5-9;;/h8-10,14H,2-7H2,1H3;2*1H. The van der Waals surface area contributed by atoms with Crippen LogP contribution in [-0.4, -0.2) is 42.0 Å². The number of rotatable bonds is 3. The number of nitrogens with one attached hydrogen (secondary N) is 1. The maximum Gasteiger partial charge on any atom is 0.273 e. The van der Waals surface area contributed by atoms with Crippen LogP contribution in [0.25, 0.3) is 0 Å². The number of halogens is 2. The minimum absolute atomic E-state index is 0. The molecule has 2 heterocycles. The van der Waals surface area contributed by atoms with E-state index in [1.54, 1.807) is 11.3 Å². The van der Waals surface area contributed by atoms with Crippen molar-refractivity contribution in [3.63, 3.8) is 0 Å². The number of nitrogens with zero attached hydrogens (tertiary/aromatic N) is 2. The van der Waals surface area contributed by atoms with E-state index in [2.05, 4.69) is 10.3 Å². The molecule has 1 amide bonds. The normalized spacial score (nSPS) is 21.9. The Labute approximate surface area is 136 Å². The van der Waals surface area contributed by atoms with Crippen molar-refractivity contribution >= 4 is 42.1 Å². The highest BCUT2D eigenvalue weighted by atomic mass is 35.5. The van der Waals surface area contributed by atoms with Gasteiger partial charge in [-0.3, -0.25) is 4.79 Å². The van der Waals surface area contributed by atoms with Gasteiger partial charge in [-0.15, -0.1) is 36.2 Å². The van der Waals surface area contributed by atoms with Crippen LogP contribution >= 0.6 is 36.2 Å². The molecule has 1 unspecified atom stereocenters. The van der Waals surface area contributed by atoms with Crippen molar-refractivity contribution in [1.82, 2.24) is 15.2 Å². The van der Waals surface area contributed by atoms with E-state index >= 15 is 0 Å². The molecule has 1 aliphatic carbocycles. The van der Waals surface area contributed by atoms with Crippen molar-refractivity contribution in [2.75, 3.05) is 20.1 Å². The van der Waals surface area contributed by atoms with Crippen LogP contribution in [0.4, 0.5) is 0 Å². The zero-order valence-corrected chi connectivity index (χ0v) is 14.0. The number of likely N-dealkylation sites (N-methyl/N-ethyl adjacent to an activating group) is 1. The zero-order valence-electron chi connectivity index (χ0n) is 11.5. The van der Waals surface area contributed by atoms with Crippen LogP contribution in [0, 0.1) is 0 Å². The van der Waals surface area contributed by atoms with Gasteiger partial charge in [-0.2, -0.15) is 0 Å². The monoisotopic (exact) mass is 337 g/mol. The van der Waals surface area contributed by atoms with Crippen LogP contribution in [-0.2, 0) is 0 Å². The predicted molar refractivity (Wildman–Crippen MR) is 86.6 cm³/mol. The average molecular weight is 338 g/mol. The molecule has 0 aromatic carbocycles. The third-order valence-corrected chi connectivity index (χ3v) is 4.79. The Morgan fingerprint density at radius 2 is 2.15 bits per heavy atom. The first-order chi connectivity index (χ1) is 8.78. The SMILES string of the molecule is CNC1CCCN(C(=O)c2csc(C3CC3)n2)C1.Cl.Cl. The van der Waals surface area contributed by atoms with Crippen molar-refractivity contribution < 1.29 is 4.79 Å². The molecule has 4 nitrogen and oxygen atoms in total. The molecule has 1 aromatic heterocycles. The van der Waals surface area contributed by atoms with Crippen LogP contribution in [0.5, 0.6) is 0 Å². The molecule has 1 saturated heterocycles. The average Bonchev–Trinajstić information content (AvgIpc) is 3.16. The smallest absolute Gasteiger partial charge is 0.273 e. The Bertz CT molecular complexity index is 451. The van der Waals surface area contributed by atoms with Crippen molar-refractivity contribution in [3.8, 4) is 0 Å². The fourth-order valence-corrected chi connectivity index (χ4v) is 3.43. The number of hydrogen-bond donors (Lipinski definition) is 1. The summed E-state index contributed by atoms with van der Waals surface area (Å²) < 4.78 is 0. The molecule has 3 rings (SSSR count). The van der Waals surface area contributed by atoms with Gasteiger partial charge in [0.05, 0.1) is 5.01 Å². The molecule has 1 aromatic rings. The number of carbonyl (C=O) groups is 1. The summed E-state index contributed by atoms with van der Waals surface area (Å²) in [7, 11) is 1.96. The minimum atomic E-state index is 0. The number of likely N-dealkylation sites (tertiary alicyclic amines) is 1. The Balaban J connectivity index is 0.000001000. The van der Waals surface area contributed by atoms with Crippen LogP contribution in [0.2, 0.25) is 0 Å². The summed E-state index contributed by atoms with van der Waals surface area (Å²) in [5.41, 5.74) is 0.652. The van der Waals surface area contributed by atoms with Gasteiger partial charge in [-0.25, -0.2) is 4.98 Å². The quantitative estimate of drug-likeness (QED) is 0.922. The Kier molecular flexibility index (Phi) is 6.72. The lowest BCUT2D eigenvalue weighted by Crippen LogP contribution is -2.47. The molecule has 7 heteroatoms. The molecule has 1 aliphatic heterocycles. The molecular formula is C13H21Cl2N3OS. The number of hydrogen-bond acceptors (Lipinski definition) is 4. The number of aromatic nitrogens is 1. The second-order valence-electron chi connectivity index (χ2n) is 5.22. The highest BCUT2D eigenvalue weighted by Crippen LogP contribution is 2.41. The predicted octanol–water partition coefficient (Wildman–Crippen LogP) is 2.69. The van der Waals surface area contributed by atoms with Crippen molar-refractivity contribution in [2.45, 2.75) is 37.6 Å². The van der Waals surface area contributed by atoms with Gasteiger partial charge in [0, 0.05) is 30.4 Å². The van der Waals surface area contributed by atoms with E-state index in [1.807, 2.05) is 17.3 Å². The highest BCUT2D eigenvalue weighted by molar-refractivity contribution is 7.10. The van der Waals surface area contributed by atoms with Crippen LogP contribution < -0.4 is 5.32 Å². The van der Waals surface area contributed by atoms with Gasteiger partial charge in [0.25, 0.3) is 5.91 Å². The first kappa shape index (κ1) is 17.7. The molecule has 0 bridgehead atoms. The fourth-order valence-electron chi connectivity index (χ4n) is 2.46. The second kappa shape index (κ2) is 7.59. The molecular weight excluding hydrogens is 317 g/mol. The second-order valence-corrected chi connectivity index (χ2v) is 6.11. The maximum atomic E-state index is 12.4. The topological polar surface area (TPSA) is 45.2 Å². The Hall–Kier alpha value is -0.360. The molecule has 0 radical (unpaired) electrons. The number of carbonyl (C=O) groups excluding carboxylic acids is 1. The van der Waals surface area contributed by atoms with E-state index in [0.717, 1.165) is 30.9 Å². The lowest BCUT2D eigenvalue weighted by atomic mass is 10.1. The lowest BCUT2D eigenvalue weighted by molar-refractivity contribution is 0.0693. The molecule has 2 aliphatic rings. The maximum absolute atomic E-state index is 12.4.